The summed E-state index contributed by atoms with van der Waals surface area (Å²) in [5, 5.41) is 2.79. The van der Waals surface area contributed by atoms with Crippen molar-refractivity contribution in [3.63, 3.8) is 0 Å². The van der Waals surface area contributed by atoms with Gasteiger partial charge < -0.3 is 5.32 Å². The first kappa shape index (κ1) is 18.6. The van der Waals surface area contributed by atoms with E-state index in [-0.39, 0.29) is 17.0 Å². The van der Waals surface area contributed by atoms with E-state index in [1.165, 1.54) is 0 Å². The molecule has 1 heterocycles. The van der Waals surface area contributed by atoms with Gasteiger partial charge in [-0.1, -0.05) is 50.2 Å². The number of anilines is 2. The first-order valence-electron chi connectivity index (χ1n) is 9.45. The maximum atomic E-state index is 13.0. The number of hydrogen-bond donors (Lipinski definition) is 1. The molecule has 0 radical (unpaired) electrons. The van der Waals surface area contributed by atoms with Crippen LogP contribution in [0.5, 0.6) is 0 Å². The zero-order valence-corrected chi connectivity index (χ0v) is 16.2. The molecule has 5 nitrogen and oxygen atoms in total. The fraction of sp³-hybridized carbons (Fsp3) is 0.125. The fourth-order valence-corrected chi connectivity index (χ4v) is 3.42. The van der Waals surface area contributed by atoms with Crippen LogP contribution >= 0.6 is 0 Å². The van der Waals surface area contributed by atoms with Crippen LogP contribution in [-0.2, 0) is 0 Å². The zero-order chi connectivity index (χ0) is 20.5. The number of carbonyl (C=O) groups excluding carboxylic acids is 3. The van der Waals surface area contributed by atoms with E-state index < -0.39 is 11.8 Å². The molecule has 0 aliphatic carbocycles. The van der Waals surface area contributed by atoms with Gasteiger partial charge >= 0.3 is 0 Å². The van der Waals surface area contributed by atoms with Crippen molar-refractivity contribution in [1.29, 1.82) is 0 Å². The summed E-state index contributed by atoms with van der Waals surface area (Å²) in [7, 11) is 0. The lowest BCUT2D eigenvalue weighted by molar-refractivity contribution is 0.0926. The highest BCUT2D eigenvalue weighted by Gasteiger charge is 2.38. The third-order valence-corrected chi connectivity index (χ3v) is 5.02. The Bertz CT molecular complexity index is 1100. The average molecular weight is 384 g/mol. The Morgan fingerprint density at radius 1 is 0.828 bits per heavy atom. The largest absolute Gasteiger partial charge is 0.321 e. The second-order valence-corrected chi connectivity index (χ2v) is 7.24. The number of carbonyl (C=O) groups is 3. The molecule has 0 unspecified atom stereocenters. The Labute approximate surface area is 169 Å². The predicted molar refractivity (Wildman–Crippen MR) is 113 cm³/mol. The summed E-state index contributed by atoms with van der Waals surface area (Å²) in [4.78, 5) is 39.7. The second kappa shape index (κ2) is 7.36. The number of fused-ring (bicyclic) bond motifs is 1. The Balaban J connectivity index is 1.64. The number of nitrogens with zero attached hydrogens (tertiary/aromatic N) is 1. The van der Waals surface area contributed by atoms with E-state index in [0.717, 1.165) is 10.5 Å². The first-order valence-corrected chi connectivity index (χ1v) is 9.45. The van der Waals surface area contributed by atoms with E-state index in [2.05, 4.69) is 19.2 Å². The molecule has 0 spiro atoms. The van der Waals surface area contributed by atoms with E-state index in [0.29, 0.717) is 22.9 Å². The van der Waals surface area contributed by atoms with Crippen LogP contribution in [0.4, 0.5) is 11.4 Å². The highest BCUT2D eigenvalue weighted by atomic mass is 16.2. The number of rotatable bonds is 4. The molecule has 29 heavy (non-hydrogen) atoms. The standard InChI is InChI=1S/C24H20N2O3/c1-15(2)16-11-13-17(14-12-16)22(27)25-20-10-6-9-19-21(20)24(29)26(23(19)28)18-7-4-3-5-8-18/h3-15H,1-2H3,(H,25,27). The van der Waals surface area contributed by atoms with Gasteiger partial charge in [0.05, 0.1) is 22.5 Å². The maximum Gasteiger partial charge on any atom is 0.268 e. The van der Waals surface area contributed by atoms with E-state index in [9.17, 15) is 14.4 Å². The van der Waals surface area contributed by atoms with Gasteiger partial charge in [0.1, 0.15) is 0 Å². The van der Waals surface area contributed by atoms with Crippen molar-refractivity contribution >= 4 is 29.1 Å². The minimum Gasteiger partial charge on any atom is -0.321 e. The third kappa shape index (κ3) is 3.31. The molecule has 0 saturated heterocycles. The maximum absolute atomic E-state index is 13.0. The van der Waals surface area contributed by atoms with Gasteiger partial charge in [-0.3, -0.25) is 14.4 Å². The molecule has 144 valence electrons. The molecular weight excluding hydrogens is 364 g/mol. The van der Waals surface area contributed by atoms with E-state index >= 15 is 0 Å². The summed E-state index contributed by atoms with van der Waals surface area (Å²) in [6, 6.07) is 21.0. The van der Waals surface area contributed by atoms with Gasteiger partial charge in [-0.25, -0.2) is 4.90 Å². The monoisotopic (exact) mass is 384 g/mol. The molecule has 5 heteroatoms. The van der Waals surface area contributed by atoms with Crippen molar-refractivity contribution in [2.45, 2.75) is 19.8 Å². The quantitative estimate of drug-likeness (QED) is 0.653. The number of para-hydroxylation sites is 1. The second-order valence-electron chi connectivity index (χ2n) is 7.24. The average Bonchev–Trinajstić information content (AvgIpc) is 3.00. The lowest BCUT2D eigenvalue weighted by Gasteiger charge is -2.14. The molecule has 1 aliphatic rings. The number of benzene rings is 3. The minimum absolute atomic E-state index is 0.216. The lowest BCUT2D eigenvalue weighted by Crippen LogP contribution is -2.29. The van der Waals surface area contributed by atoms with Gasteiger partial charge in [0.2, 0.25) is 0 Å². The van der Waals surface area contributed by atoms with Crippen molar-refractivity contribution < 1.29 is 14.4 Å². The Hall–Kier alpha value is -3.73. The van der Waals surface area contributed by atoms with Gasteiger partial charge in [-0.2, -0.15) is 0 Å². The van der Waals surface area contributed by atoms with Gasteiger partial charge in [-0.15, -0.1) is 0 Å². The van der Waals surface area contributed by atoms with E-state index in [1.807, 2.05) is 18.2 Å². The molecule has 3 aromatic rings. The van der Waals surface area contributed by atoms with Crippen LogP contribution in [0.15, 0.2) is 72.8 Å². The van der Waals surface area contributed by atoms with Crippen LogP contribution in [0.25, 0.3) is 0 Å². The number of amides is 3. The summed E-state index contributed by atoms with van der Waals surface area (Å²) < 4.78 is 0. The summed E-state index contributed by atoms with van der Waals surface area (Å²) in [5.41, 5.74) is 2.96. The number of hydrogen-bond acceptors (Lipinski definition) is 3. The van der Waals surface area contributed by atoms with Crippen LogP contribution < -0.4 is 10.2 Å². The molecule has 1 N–H and O–H groups in total. The van der Waals surface area contributed by atoms with Crippen LogP contribution in [0, 0.1) is 0 Å². The van der Waals surface area contributed by atoms with Crippen molar-refractivity contribution in [2.24, 2.45) is 0 Å². The zero-order valence-electron chi connectivity index (χ0n) is 16.2. The predicted octanol–water partition coefficient (Wildman–Crippen LogP) is 4.86. The number of nitrogens with one attached hydrogen (secondary N) is 1. The first-order chi connectivity index (χ1) is 14.0. The van der Waals surface area contributed by atoms with Crippen LogP contribution in [0.1, 0.15) is 56.4 Å². The third-order valence-electron chi connectivity index (χ3n) is 5.02. The highest BCUT2D eigenvalue weighted by molar-refractivity contribution is 6.36. The molecule has 0 bridgehead atoms. The van der Waals surface area contributed by atoms with E-state index in [1.54, 1.807) is 54.6 Å². The van der Waals surface area contributed by atoms with E-state index in [4.69, 9.17) is 0 Å². The van der Waals surface area contributed by atoms with Crippen molar-refractivity contribution in [3.05, 3.63) is 95.1 Å². The van der Waals surface area contributed by atoms with Crippen molar-refractivity contribution in [3.8, 4) is 0 Å². The Kier molecular flexibility index (Phi) is 4.72. The summed E-state index contributed by atoms with van der Waals surface area (Å²) in [6.45, 7) is 4.17. The van der Waals surface area contributed by atoms with Crippen molar-refractivity contribution in [2.75, 3.05) is 10.2 Å². The molecular formula is C24H20N2O3. The summed E-state index contributed by atoms with van der Waals surface area (Å²) in [5.74, 6) is -0.792. The normalized spacial score (nSPS) is 13.0. The molecule has 0 atom stereocenters. The number of imide groups is 1. The SMILES string of the molecule is CC(C)c1ccc(C(=O)Nc2cccc3c2C(=O)N(c2ccccc2)C3=O)cc1. The smallest absolute Gasteiger partial charge is 0.268 e. The molecule has 0 saturated carbocycles. The minimum atomic E-state index is -0.442. The molecule has 0 aromatic heterocycles. The van der Waals surface area contributed by atoms with Crippen LogP contribution in [0.2, 0.25) is 0 Å². The Morgan fingerprint density at radius 3 is 2.17 bits per heavy atom. The summed E-state index contributed by atoms with van der Waals surface area (Å²) >= 11 is 0. The van der Waals surface area contributed by atoms with Crippen LogP contribution in [-0.4, -0.2) is 17.7 Å². The van der Waals surface area contributed by atoms with Crippen molar-refractivity contribution in [1.82, 2.24) is 0 Å². The lowest BCUT2D eigenvalue weighted by atomic mass is 10.0. The Morgan fingerprint density at radius 2 is 1.52 bits per heavy atom. The van der Waals surface area contributed by atoms with Gasteiger partial charge in [0, 0.05) is 5.56 Å². The molecule has 4 rings (SSSR count). The molecule has 3 amide bonds. The molecule has 0 fully saturated rings. The molecule has 1 aliphatic heterocycles. The highest BCUT2D eigenvalue weighted by Crippen LogP contribution is 2.33. The van der Waals surface area contributed by atoms with Gasteiger partial charge in [-0.05, 0) is 47.9 Å². The topological polar surface area (TPSA) is 66.5 Å². The fourth-order valence-electron chi connectivity index (χ4n) is 3.42. The van der Waals surface area contributed by atoms with Gasteiger partial charge in [0.15, 0.2) is 0 Å². The van der Waals surface area contributed by atoms with Crippen LogP contribution in [0.3, 0.4) is 0 Å². The summed E-state index contributed by atoms with van der Waals surface area (Å²) in [6.07, 6.45) is 0. The molecule has 3 aromatic carbocycles. The van der Waals surface area contributed by atoms with Gasteiger partial charge in [0.25, 0.3) is 17.7 Å².